The van der Waals surface area contributed by atoms with Crippen LogP contribution in [0.4, 0.5) is 0 Å². The molecule has 2 rings (SSSR count). The summed E-state index contributed by atoms with van der Waals surface area (Å²) in [5.41, 5.74) is -0.235. The molecule has 1 N–H and O–H groups in total. The number of rotatable bonds is 1. The molecule has 0 aromatic heterocycles. The van der Waals surface area contributed by atoms with Gasteiger partial charge in [-0.15, -0.1) is 0 Å². The largest absolute Gasteiger partial charge is 0.338 e. The summed E-state index contributed by atoms with van der Waals surface area (Å²) in [6, 6.07) is 1.00. The van der Waals surface area contributed by atoms with Crippen LogP contribution in [0.5, 0.6) is 0 Å². The van der Waals surface area contributed by atoms with Crippen molar-refractivity contribution in [2.45, 2.75) is 58.5 Å². The molecule has 2 fully saturated rings. The van der Waals surface area contributed by atoms with E-state index >= 15 is 0 Å². The van der Waals surface area contributed by atoms with Crippen LogP contribution >= 0.6 is 0 Å². The quantitative estimate of drug-likeness (QED) is 0.736. The third kappa shape index (κ3) is 2.24. The third-order valence-electron chi connectivity index (χ3n) is 3.76. The van der Waals surface area contributed by atoms with Gasteiger partial charge in [0.25, 0.3) is 0 Å². The van der Waals surface area contributed by atoms with Gasteiger partial charge < -0.3 is 10.2 Å². The van der Waals surface area contributed by atoms with Crippen molar-refractivity contribution in [2.75, 3.05) is 13.1 Å². The topological polar surface area (TPSA) is 32.3 Å². The average molecular weight is 224 g/mol. The molecule has 16 heavy (non-hydrogen) atoms. The standard InChI is InChI=1S/C13H24N2O/c1-13(2,3)12(16)15-9-5-7-11(15)10-6-4-8-14-10/h10-11,14H,4-9H2,1-3H3. The van der Waals surface area contributed by atoms with Gasteiger partial charge in [0.15, 0.2) is 0 Å². The summed E-state index contributed by atoms with van der Waals surface area (Å²) < 4.78 is 0. The van der Waals surface area contributed by atoms with E-state index in [1.165, 1.54) is 25.7 Å². The Hall–Kier alpha value is -0.570. The van der Waals surface area contributed by atoms with Crippen molar-refractivity contribution >= 4 is 5.91 Å². The third-order valence-corrected chi connectivity index (χ3v) is 3.76. The Morgan fingerprint density at radius 2 is 2.00 bits per heavy atom. The Balaban J connectivity index is 2.05. The zero-order valence-electron chi connectivity index (χ0n) is 10.8. The van der Waals surface area contributed by atoms with Crippen molar-refractivity contribution in [3.05, 3.63) is 0 Å². The van der Waals surface area contributed by atoms with E-state index in [4.69, 9.17) is 0 Å². The molecular formula is C13H24N2O. The van der Waals surface area contributed by atoms with Crippen molar-refractivity contribution in [1.29, 1.82) is 0 Å². The van der Waals surface area contributed by atoms with Gasteiger partial charge in [0.1, 0.15) is 0 Å². The van der Waals surface area contributed by atoms with E-state index in [1.807, 2.05) is 20.8 Å². The summed E-state index contributed by atoms with van der Waals surface area (Å²) in [4.78, 5) is 14.5. The van der Waals surface area contributed by atoms with Crippen LogP contribution in [0.2, 0.25) is 0 Å². The molecular weight excluding hydrogens is 200 g/mol. The van der Waals surface area contributed by atoms with Gasteiger partial charge in [-0.05, 0) is 32.2 Å². The zero-order valence-corrected chi connectivity index (χ0v) is 10.8. The molecule has 92 valence electrons. The minimum Gasteiger partial charge on any atom is -0.338 e. The molecule has 0 bridgehead atoms. The molecule has 0 spiro atoms. The number of nitrogens with one attached hydrogen (secondary N) is 1. The molecule has 3 nitrogen and oxygen atoms in total. The first-order valence-electron chi connectivity index (χ1n) is 6.54. The predicted octanol–water partition coefficient (Wildman–Crippen LogP) is 1.78. The second kappa shape index (κ2) is 4.36. The second-order valence-corrected chi connectivity index (χ2v) is 6.16. The molecule has 2 heterocycles. The van der Waals surface area contributed by atoms with Gasteiger partial charge in [-0.1, -0.05) is 20.8 Å². The number of likely N-dealkylation sites (tertiary alicyclic amines) is 1. The number of hydrogen-bond acceptors (Lipinski definition) is 2. The summed E-state index contributed by atoms with van der Waals surface area (Å²) in [7, 11) is 0. The van der Waals surface area contributed by atoms with Gasteiger partial charge in [-0.3, -0.25) is 4.79 Å². The Kier molecular flexibility index (Phi) is 3.24. The van der Waals surface area contributed by atoms with Crippen LogP contribution in [0.1, 0.15) is 46.5 Å². The highest BCUT2D eigenvalue weighted by molar-refractivity contribution is 5.82. The normalized spacial score (nSPS) is 31.1. The van der Waals surface area contributed by atoms with Gasteiger partial charge in [0.2, 0.25) is 5.91 Å². The average Bonchev–Trinajstić information content (AvgIpc) is 2.85. The summed E-state index contributed by atoms with van der Waals surface area (Å²) in [6.07, 6.45) is 4.85. The lowest BCUT2D eigenvalue weighted by molar-refractivity contribution is -0.140. The van der Waals surface area contributed by atoms with Crippen molar-refractivity contribution in [2.24, 2.45) is 5.41 Å². The maximum absolute atomic E-state index is 12.3. The lowest BCUT2D eigenvalue weighted by Gasteiger charge is -2.34. The first-order chi connectivity index (χ1) is 7.50. The second-order valence-electron chi connectivity index (χ2n) is 6.16. The number of nitrogens with zero attached hydrogens (tertiary/aromatic N) is 1. The highest BCUT2D eigenvalue weighted by Crippen LogP contribution is 2.29. The van der Waals surface area contributed by atoms with Crippen LogP contribution in [0, 0.1) is 5.41 Å². The Bertz CT molecular complexity index is 264. The summed E-state index contributed by atoms with van der Waals surface area (Å²) in [5.74, 6) is 0.323. The van der Waals surface area contributed by atoms with E-state index in [0.717, 1.165) is 13.1 Å². The fourth-order valence-corrected chi connectivity index (χ4v) is 2.93. The van der Waals surface area contributed by atoms with Crippen LogP contribution < -0.4 is 5.32 Å². The summed E-state index contributed by atoms with van der Waals surface area (Å²) in [5, 5.41) is 3.54. The summed E-state index contributed by atoms with van der Waals surface area (Å²) in [6.45, 7) is 8.14. The maximum atomic E-state index is 12.3. The number of amides is 1. The van der Waals surface area contributed by atoms with E-state index in [-0.39, 0.29) is 5.41 Å². The zero-order chi connectivity index (χ0) is 11.8. The highest BCUT2D eigenvalue weighted by Gasteiger charge is 2.39. The molecule has 0 aromatic carbocycles. The molecule has 0 aromatic rings. The van der Waals surface area contributed by atoms with Crippen LogP contribution in [-0.4, -0.2) is 36.0 Å². The monoisotopic (exact) mass is 224 g/mol. The highest BCUT2D eigenvalue weighted by atomic mass is 16.2. The van der Waals surface area contributed by atoms with E-state index < -0.39 is 0 Å². The molecule has 0 aliphatic carbocycles. The minimum absolute atomic E-state index is 0.235. The number of carbonyl (C=O) groups excluding carboxylic acids is 1. The minimum atomic E-state index is -0.235. The van der Waals surface area contributed by atoms with Crippen LogP contribution in [0.25, 0.3) is 0 Å². The van der Waals surface area contributed by atoms with E-state index in [0.29, 0.717) is 18.0 Å². The van der Waals surface area contributed by atoms with Crippen molar-refractivity contribution in [3.8, 4) is 0 Å². The summed E-state index contributed by atoms with van der Waals surface area (Å²) >= 11 is 0. The fraction of sp³-hybridized carbons (Fsp3) is 0.923. The van der Waals surface area contributed by atoms with Crippen LogP contribution in [0.3, 0.4) is 0 Å². The molecule has 1 amide bonds. The predicted molar refractivity (Wildman–Crippen MR) is 65.2 cm³/mol. The first-order valence-corrected chi connectivity index (χ1v) is 6.54. The van der Waals surface area contributed by atoms with Gasteiger partial charge in [-0.25, -0.2) is 0 Å². The van der Waals surface area contributed by atoms with Gasteiger partial charge in [-0.2, -0.15) is 0 Å². The molecule has 3 heteroatoms. The molecule has 2 aliphatic rings. The van der Waals surface area contributed by atoms with E-state index in [9.17, 15) is 4.79 Å². The Morgan fingerprint density at radius 3 is 2.56 bits per heavy atom. The van der Waals surface area contributed by atoms with Gasteiger partial charge in [0.05, 0.1) is 0 Å². The molecule has 2 unspecified atom stereocenters. The van der Waals surface area contributed by atoms with E-state index in [2.05, 4.69) is 10.2 Å². The SMILES string of the molecule is CC(C)(C)C(=O)N1CCCC1C1CCCN1. The number of carbonyl (C=O) groups is 1. The maximum Gasteiger partial charge on any atom is 0.228 e. The molecule has 2 saturated heterocycles. The molecule has 2 atom stereocenters. The van der Waals surface area contributed by atoms with Gasteiger partial charge >= 0.3 is 0 Å². The number of hydrogen-bond donors (Lipinski definition) is 1. The molecule has 0 radical (unpaired) electrons. The molecule has 2 aliphatic heterocycles. The van der Waals surface area contributed by atoms with Crippen molar-refractivity contribution in [3.63, 3.8) is 0 Å². The Morgan fingerprint density at radius 1 is 1.25 bits per heavy atom. The lowest BCUT2D eigenvalue weighted by Crippen LogP contribution is -2.49. The lowest BCUT2D eigenvalue weighted by atomic mass is 9.93. The molecule has 0 saturated carbocycles. The van der Waals surface area contributed by atoms with Crippen LogP contribution in [0.15, 0.2) is 0 Å². The van der Waals surface area contributed by atoms with Crippen molar-refractivity contribution < 1.29 is 4.79 Å². The van der Waals surface area contributed by atoms with E-state index in [1.54, 1.807) is 0 Å². The van der Waals surface area contributed by atoms with Crippen LogP contribution in [-0.2, 0) is 4.79 Å². The Labute approximate surface area is 98.6 Å². The fourth-order valence-electron chi connectivity index (χ4n) is 2.93. The van der Waals surface area contributed by atoms with Gasteiger partial charge in [0, 0.05) is 24.0 Å². The van der Waals surface area contributed by atoms with Crippen molar-refractivity contribution in [1.82, 2.24) is 10.2 Å². The smallest absolute Gasteiger partial charge is 0.228 e. The first kappa shape index (κ1) is 11.9.